The van der Waals surface area contributed by atoms with Crippen molar-refractivity contribution in [3.63, 3.8) is 0 Å². The van der Waals surface area contributed by atoms with Crippen molar-refractivity contribution in [1.29, 1.82) is 0 Å². The van der Waals surface area contributed by atoms with Gasteiger partial charge < -0.3 is 9.64 Å². The van der Waals surface area contributed by atoms with Crippen LogP contribution in [0.25, 0.3) is 5.69 Å². The number of nitrogens with zero attached hydrogens (tertiary/aromatic N) is 5. The topological polar surface area (TPSA) is 90.2 Å². The Bertz CT molecular complexity index is 938. The Kier molecular flexibility index (Phi) is 4.14. The summed E-state index contributed by atoms with van der Waals surface area (Å²) in [5.74, 6) is -0.775. The van der Waals surface area contributed by atoms with Crippen molar-refractivity contribution in [2.24, 2.45) is 0 Å². The molecule has 0 N–H and O–H groups in total. The molecule has 1 aliphatic rings. The molecule has 0 bridgehead atoms. The van der Waals surface area contributed by atoms with Crippen LogP contribution in [0.2, 0.25) is 0 Å². The number of ether oxygens (including phenoxy) is 1. The lowest BCUT2D eigenvalue weighted by Crippen LogP contribution is -2.33. The van der Waals surface area contributed by atoms with Crippen LogP contribution in [0.15, 0.2) is 54.9 Å². The first-order chi connectivity index (χ1) is 12.7. The number of esters is 1. The molecule has 8 nitrogen and oxygen atoms in total. The number of hydrogen-bond acceptors (Lipinski definition) is 6. The average Bonchev–Trinajstić information content (AvgIpc) is 3.36. The Morgan fingerprint density at radius 2 is 1.88 bits per heavy atom. The first-order valence-electron chi connectivity index (χ1n) is 8.11. The molecule has 0 saturated heterocycles. The molecule has 130 valence electrons. The molecule has 1 aromatic heterocycles. The van der Waals surface area contributed by atoms with Crippen LogP contribution in [-0.2, 0) is 16.0 Å². The van der Waals surface area contributed by atoms with Crippen LogP contribution in [0, 0.1) is 0 Å². The summed E-state index contributed by atoms with van der Waals surface area (Å²) in [4.78, 5) is 26.2. The predicted octanol–water partition coefficient (Wildman–Crippen LogP) is 1.41. The van der Waals surface area contributed by atoms with E-state index in [0.717, 1.165) is 23.4 Å². The minimum Gasteiger partial charge on any atom is -0.452 e. The van der Waals surface area contributed by atoms with Gasteiger partial charge in [-0.2, -0.15) is 0 Å². The lowest BCUT2D eigenvalue weighted by atomic mass is 10.2. The fourth-order valence-electron chi connectivity index (χ4n) is 2.92. The number of carbonyl (C=O) groups excluding carboxylic acids is 2. The summed E-state index contributed by atoms with van der Waals surface area (Å²) in [6.45, 7) is 0.318. The van der Waals surface area contributed by atoms with Gasteiger partial charge >= 0.3 is 5.97 Å². The molecule has 0 radical (unpaired) electrons. The van der Waals surface area contributed by atoms with E-state index in [0.29, 0.717) is 12.1 Å². The molecular weight excluding hydrogens is 334 g/mol. The monoisotopic (exact) mass is 349 g/mol. The smallest absolute Gasteiger partial charge is 0.338 e. The first kappa shape index (κ1) is 15.9. The summed E-state index contributed by atoms with van der Waals surface area (Å²) in [5.41, 5.74) is 3.09. The van der Waals surface area contributed by atoms with Gasteiger partial charge in [0.05, 0.1) is 11.3 Å². The van der Waals surface area contributed by atoms with Crippen LogP contribution in [0.1, 0.15) is 15.9 Å². The Morgan fingerprint density at radius 3 is 2.65 bits per heavy atom. The van der Waals surface area contributed by atoms with Gasteiger partial charge in [-0.15, -0.1) is 5.10 Å². The van der Waals surface area contributed by atoms with E-state index in [2.05, 4.69) is 15.5 Å². The molecule has 0 unspecified atom stereocenters. The summed E-state index contributed by atoms with van der Waals surface area (Å²) >= 11 is 0. The molecular formula is C18H15N5O3. The highest BCUT2D eigenvalue weighted by Gasteiger charge is 2.25. The molecule has 0 spiro atoms. The zero-order chi connectivity index (χ0) is 17.9. The van der Waals surface area contributed by atoms with E-state index in [4.69, 9.17) is 4.74 Å². The van der Waals surface area contributed by atoms with E-state index >= 15 is 0 Å². The minimum absolute atomic E-state index is 0.228. The number of para-hydroxylation sites is 1. The maximum absolute atomic E-state index is 12.4. The minimum atomic E-state index is -0.547. The molecule has 8 heteroatoms. The number of fused-ring (bicyclic) bond motifs is 1. The summed E-state index contributed by atoms with van der Waals surface area (Å²) < 4.78 is 6.65. The van der Waals surface area contributed by atoms with Gasteiger partial charge in [-0.05, 0) is 52.7 Å². The predicted molar refractivity (Wildman–Crippen MR) is 91.9 cm³/mol. The van der Waals surface area contributed by atoms with Gasteiger partial charge in [0.15, 0.2) is 6.61 Å². The van der Waals surface area contributed by atoms with Crippen LogP contribution < -0.4 is 4.90 Å². The van der Waals surface area contributed by atoms with E-state index < -0.39 is 5.97 Å². The Morgan fingerprint density at radius 1 is 1.08 bits per heavy atom. The van der Waals surface area contributed by atoms with E-state index in [1.165, 1.54) is 11.0 Å². The molecule has 0 atom stereocenters. The van der Waals surface area contributed by atoms with Crippen LogP contribution in [0.5, 0.6) is 0 Å². The Balaban J connectivity index is 1.37. The molecule has 26 heavy (non-hydrogen) atoms. The molecule has 1 amide bonds. The fourth-order valence-corrected chi connectivity index (χ4v) is 2.92. The lowest BCUT2D eigenvalue weighted by molar-refractivity contribution is -0.121. The van der Waals surface area contributed by atoms with Crippen molar-refractivity contribution < 1.29 is 14.3 Å². The molecule has 0 fully saturated rings. The normalized spacial score (nSPS) is 12.7. The van der Waals surface area contributed by atoms with Gasteiger partial charge in [-0.3, -0.25) is 4.79 Å². The average molecular weight is 349 g/mol. The molecule has 3 aromatic rings. The maximum atomic E-state index is 12.4. The number of aromatic nitrogens is 4. The van der Waals surface area contributed by atoms with E-state index in [1.54, 1.807) is 29.2 Å². The van der Waals surface area contributed by atoms with Crippen molar-refractivity contribution in [3.05, 3.63) is 66.0 Å². The van der Waals surface area contributed by atoms with Gasteiger partial charge in [0.25, 0.3) is 5.91 Å². The number of tetrazole rings is 1. The van der Waals surface area contributed by atoms with E-state index in [1.807, 2.05) is 24.3 Å². The van der Waals surface area contributed by atoms with Gasteiger partial charge in [0.2, 0.25) is 0 Å². The van der Waals surface area contributed by atoms with Crippen LogP contribution in [-0.4, -0.2) is 45.2 Å². The molecule has 0 aliphatic carbocycles. The Hall–Kier alpha value is -3.55. The molecule has 0 saturated carbocycles. The van der Waals surface area contributed by atoms with Gasteiger partial charge in [0, 0.05) is 12.2 Å². The van der Waals surface area contributed by atoms with Crippen molar-refractivity contribution >= 4 is 17.6 Å². The third-order valence-corrected chi connectivity index (χ3v) is 4.23. The highest BCUT2D eigenvalue weighted by Crippen LogP contribution is 2.27. The third kappa shape index (κ3) is 3.04. The van der Waals surface area contributed by atoms with E-state index in [9.17, 15) is 9.59 Å². The summed E-state index contributed by atoms with van der Waals surface area (Å²) in [5, 5.41) is 10.9. The molecule has 2 aromatic carbocycles. The number of amides is 1. The van der Waals surface area contributed by atoms with Crippen molar-refractivity contribution in [2.75, 3.05) is 18.1 Å². The fraction of sp³-hybridized carbons (Fsp3) is 0.167. The van der Waals surface area contributed by atoms with Gasteiger partial charge in [0.1, 0.15) is 6.33 Å². The zero-order valence-corrected chi connectivity index (χ0v) is 13.8. The molecule has 1 aliphatic heterocycles. The second-order valence-corrected chi connectivity index (χ2v) is 5.80. The van der Waals surface area contributed by atoms with E-state index in [-0.39, 0.29) is 12.5 Å². The van der Waals surface area contributed by atoms with Gasteiger partial charge in [-0.1, -0.05) is 18.2 Å². The molecule has 2 heterocycles. The standard InChI is InChI=1S/C18H15N5O3/c24-17(22-10-9-13-3-1-2-4-16(13)22)11-26-18(25)14-5-7-15(8-6-14)23-12-19-20-21-23/h1-8,12H,9-11H2. The summed E-state index contributed by atoms with van der Waals surface area (Å²) in [6.07, 6.45) is 2.27. The number of rotatable bonds is 4. The lowest BCUT2D eigenvalue weighted by Gasteiger charge is -2.17. The van der Waals surface area contributed by atoms with Crippen molar-refractivity contribution in [3.8, 4) is 5.69 Å². The quantitative estimate of drug-likeness (QED) is 0.662. The first-order valence-corrected chi connectivity index (χ1v) is 8.11. The summed E-state index contributed by atoms with van der Waals surface area (Å²) in [6, 6.07) is 14.4. The van der Waals surface area contributed by atoms with Crippen molar-refractivity contribution in [1.82, 2.24) is 20.2 Å². The number of benzene rings is 2. The van der Waals surface area contributed by atoms with Crippen molar-refractivity contribution in [2.45, 2.75) is 6.42 Å². The Labute approximate surface area is 149 Å². The van der Waals surface area contributed by atoms with Gasteiger partial charge in [-0.25, -0.2) is 9.48 Å². The number of hydrogen-bond donors (Lipinski definition) is 0. The second-order valence-electron chi connectivity index (χ2n) is 5.80. The zero-order valence-electron chi connectivity index (χ0n) is 13.8. The number of anilines is 1. The SMILES string of the molecule is O=C(OCC(=O)N1CCc2ccccc21)c1ccc(-n2cnnn2)cc1. The highest BCUT2D eigenvalue weighted by molar-refractivity contribution is 5.98. The number of carbonyl (C=O) groups is 2. The van der Waals surface area contributed by atoms with Crippen LogP contribution >= 0.6 is 0 Å². The van der Waals surface area contributed by atoms with Crippen LogP contribution in [0.4, 0.5) is 5.69 Å². The molecule has 4 rings (SSSR count). The highest BCUT2D eigenvalue weighted by atomic mass is 16.5. The largest absolute Gasteiger partial charge is 0.452 e. The maximum Gasteiger partial charge on any atom is 0.338 e. The van der Waals surface area contributed by atoms with Crippen LogP contribution in [0.3, 0.4) is 0 Å². The summed E-state index contributed by atoms with van der Waals surface area (Å²) in [7, 11) is 0. The second kappa shape index (κ2) is 6.75. The third-order valence-electron chi connectivity index (χ3n) is 4.23.